The average molecular weight is 385 g/mol. The van der Waals surface area contributed by atoms with Crippen LogP contribution in [0.3, 0.4) is 0 Å². The lowest BCUT2D eigenvalue weighted by molar-refractivity contribution is -0.207. The molecular weight excluding hydrogens is 348 g/mol. The maximum Gasteiger partial charge on any atom is 0.230 e. The number of aliphatic hydroxyl groups is 1. The van der Waals surface area contributed by atoms with Gasteiger partial charge >= 0.3 is 0 Å². The van der Waals surface area contributed by atoms with Crippen molar-refractivity contribution in [2.24, 2.45) is 0 Å². The van der Waals surface area contributed by atoms with Crippen molar-refractivity contribution in [3.63, 3.8) is 0 Å². The number of hydrogen-bond donors (Lipinski definition) is 2. The summed E-state index contributed by atoms with van der Waals surface area (Å²) in [6.45, 7) is 9.86. The molecule has 2 N–H and O–H groups in total. The minimum atomic E-state index is -0.668. The van der Waals surface area contributed by atoms with Gasteiger partial charge < -0.3 is 20.1 Å². The summed E-state index contributed by atoms with van der Waals surface area (Å²) >= 11 is 1.50. The molecule has 0 radical (unpaired) electrons. The van der Waals surface area contributed by atoms with Crippen LogP contribution in [-0.4, -0.2) is 71.4 Å². The van der Waals surface area contributed by atoms with Crippen LogP contribution in [0, 0.1) is 0 Å². The Hall–Kier alpha value is -0.560. The number of carbonyl (C=O) groups excluding carboxylic acids is 1. The maximum absolute atomic E-state index is 12.1. The van der Waals surface area contributed by atoms with E-state index in [2.05, 4.69) is 30.1 Å². The summed E-state index contributed by atoms with van der Waals surface area (Å²) in [6, 6.07) is 0. The number of aliphatic hydroxyl groups excluding tert-OH is 1. The monoisotopic (exact) mass is 384 g/mol. The zero-order chi connectivity index (χ0) is 19.2. The van der Waals surface area contributed by atoms with Gasteiger partial charge in [0.1, 0.15) is 6.10 Å². The minimum absolute atomic E-state index is 0.00776. The molecule has 1 amide bonds. The number of nitrogens with one attached hydrogen (secondary N) is 1. The Morgan fingerprint density at radius 3 is 2.69 bits per heavy atom. The number of thioether (sulfide) groups is 1. The molecule has 2 fully saturated rings. The molecule has 2 saturated heterocycles. The van der Waals surface area contributed by atoms with Crippen molar-refractivity contribution in [3.05, 3.63) is 11.6 Å². The van der Waals surface area contributed by atoms with Gasteiger partial charge in [-0.05, 0) is 52.2 Å². The Bertz CT molecular complexity index is 503. The molecule has 2 heterocycles. The number of hydrogen-bond acceptors (Lipinski definition) is 5. The van der Waals surface area contributed by atoms with Gasteiger partial charge in [0.2, 0.25) is 5.91 Å². The van der Waals surface area contributed by atoms with Gasteiger partial charge in [0.25, 0.3) is 0 Å². The third-order valence-electron chi connectivity index (χ3n) is 6.01. The van der Waals surface area contributed by atoms with Crippen LogP contribution < -0.4 is 5.32 Å². The average Bonchev–Trinajstić information content (AvgIpc) is 2.61. The predicted octanol–water partition coefficient (Wildman–Crippen LogP) is 2.59. The fourth-order valence-electron chi connectivity index (χ4n) is 4.09. The van der Waals surface area contributed by atoms with Crippen LogP contribution in [0.2, 0.25) is 0 Å². The van der Waals surface area contributed by atoms with Gasteiger partial charge in [-0.1, -0.05) is 18.6 Å². The smallest absolute Gasteiger partial charge is 0.230 e. The number of piperidine rings is 1. The fourth-order valence-corrected chi connectivity index (χ4v) is 4.42. The van der Waals surface area contributed by atoms with Gasteiger partial charge in [0.15, 0.2) is 0 Å². The Labute approximate surface area is 162 Å². The van der Waals surface area contributed by atoms with E-state index in [-0.39, 0.29) is 5.91 Å². The first-order chi connectivity index (χ1) is 12.3. The van der Waals surface area contributed by atoms with E-state index in [1.807, 2.05) is 13.2 Å². The Morgan fingerprint density at radius 2 is 2.08 bits per heavy atom. The van der Waals surface area contributed by atoms with Crippen molar-refractivity contribution in [2.75, 3.05) is 38.2 Å². The molecule has 26 heavy (non-hydrogen) atoms. The first-order valence-corrected chi connectivity index (χ1v) is 11.2. The van der Waals surface area contributed by atoms with Crippen LogP contribution >= 0.6 is 11.8 Å². The molecule has 0 unspecified atom stereocenters. The molecule has 0 aromatic rings. The van der Waals surface area contributed by atoms with Gasteiger partial charge in [-0.15, -0.1) is 0 Å². The highest BCUT2D eigenvalue weighted by molar-refractivity contribution is 7.99. The van der Waals surface area contributed by atoms with Crippen LogP contribution in [0.1, 0.15) is 52.9 Å². The van der Waals surface area contributed by atoms with Gasteiger partial charge in [0.05, 0.1) is 16.9 Å². The minimum Gasteiger partial charge on any atom is -0.388 e. The molecular formula is C20H36N2O3S. The fraction of sp³-hybridized carbons (Fsp3) is 0.850. The molecule has 150 valence electrons. The molecule has 0 bridgehead atoms. The molecule has 6 heteroatoms. The van der Waals surface area contributed by atoms with Crippen LogP contribution in [0.25, 0.3) is 0 Å². The normalized spacial score (nSPS) is 29.7. The Kier molecular flexibility index (Phi) is 8.01. The maximum atomic E-state index is 12.1. The highest BCUT2D eigenvalue weighted by atomic mass is 32.2. The Morgan fingerprint density at radius 1 is 1.38 bits per heavy atom. The molecule has 2 rings (SSSR count). The second-order valence-electron chi connectivity index (χ2n) is 8.00. The highest BCUT2D eigenvalue weighted by Gasteiger charge is 2.53. The number of allylic oxidation sites excluding steroid dienone is 1. The molecule has 0 aromatic heterocycles. The molecule has 0 aromatic carbocycles. The number of carbonyl (C=O) groups is 1. The number of amides is 1. The van der Waals surface area contributed by atoms with Crippen LogP contribution in [0.15, 0.2) is 11.6 Å². The van der Waals surface area contributed by atoms with Gasteiger partial charge in [0, 0.05) is 26.2 Å². The molecule has 2 aliphatic rings. The van der Waals surface area contributed by atoms with Crippen molar-refractivity contribution in [1.82, 2.24) is 10.2 Å². The van der Waals surface area contributed by atoms with Gasteiger partial charge in [-0.2, -0.15) is 11.8 Å². The van der Waals surface area contributed by atoms with Gasteiger partial charge in [-0.25, -0.2) is 0 Å². The summed E-state index contributed by atoms with van der Waals surface area (Å²) in [6.07, 6.45) is 8.06. The molecule has 2 atom stereocenters. The van der Waals surface area contributed by atoms with Crippen molar-refractivity contribution >= 4 is 17.7 Å². The first kappa shape index (κ1) is 21.7. The third kappa shape index (κ3) is 5.24. The van der Waals surface area contributed by atoms with E-state index >= 15 is 0 Å². The lowest BCUT2D eigenvalue weighted by atomic mass is 9.73. The van der Waals surface area contributed by atoms with Crippen molar-refractivity contribution in [2.45, 2.75) is 70.1 Å². The van der Waals surface area contributed by atoms with E-state index in [0.29, 0.717) is 18.8 Å². The third-order valence-corrected chi connectivity index (χ3v) is 6.56. The zero-order valence-electron chi connectivity index (χ0n) is 16.8. The topological polar surface area (TPSA) is 61.8 Å². The Balaban J connectivity index is 1.92. The van der Waals surface area contributed by atoms with Crippen molar-refractivity contribution < 1.29 is 14.6 Å². The summed E-state index contributed by atoms with van der Waals surface area (Å²) in [4.78, 5) is 14.5. The van der Waals surface area contributed by atoms with Crippen LogP contribution in [0.4, 0.5) is 0 Å². The van der Waals surface area contributed by atoms with Crippen LogP contribution in [0.5, 0.6) is 0 Å². The molecule has 0 aliphatic carbocycles. The van der Waals surface area contributed by atoms with E-state index < -0.39 is 17.2 Å². The number of likely N-dealkylation sites (tertiary alicyclic amines) is 1. The van der Waals surface area contributed by atoms with E-state index in [1.165, 1.54) is 17.3 Å². The van der Waals surface area contributed by atoms with Crippen molar-refractivity contribution in [3.8, 4) is 0 Å². The van der Waals surface area contributed by atoms with E-state index in [0.717, 1.165) is 45.3 Å². The van der Waals surface area contributed by atoms with E-state index in [9.17, 15) is 9.90 Å². The quantitative estimate of drug-likeness (QED) is 0.661. The van der Waals surface area contributed by atoms with E-state index in [4.69, 9.17) is 4.74 Å². The lowest BCUT2D eigenvalue weighted by Crippen LogP contribution is -2.69. The zero-order valence-corrected chi connectivity index (χ0v) is 17.7. The summed E-state index contributed by atoms with van der Waals surface area (Å²) in [7, 11) is 0. The molecule has 2 aliphatic heterocycles. The SMILES string of the molecule is CC/C(C)=C/CCN1CCC2(CC1)OCC[C@@](C)(NC(=O)CSC)[C@@H]2O. The second-order valence-corrected chi connectivity index (χ2v) is 8.86. The number of ether oxygens (including phenoxy) is 1. The first-order valence-electron chi connectivity index (χ1n) is 9.85. The highest BCUT2D eigenvalue weighted by Crippen LogP contribution is 2.40. The summed E-state index contributed by atoms with van der Waals surface area (Å²) in [5, 5.41) is 14.2. The summed E-state index contributed by atoms with van der Waals surface area (Å²) in [5.74, 6) is 0.417. The molecule has 5 nitrogen and oxygen atoms in total. The van der Waals surface area contributed by atoms with E-state index in [1.54, 1.807) is 0 Å². The predicted molar refractivity (Wildman–Crippen MR) is 109 cm³/mol. The molecule has 0 saturated carbocycles. The number of nitrogens with zero attached hydrogens (tertiary/aromatic N) is 1. The van der Waals surface area contributed by atoms with Crippen LogP contribution in [-0.2, 0) is 9.53 Å². The van der Waals surface area contributed by atoms with Gasteiger partial charge in [-0.3, -0.25) is 4.79 Å². The molecule has 1 spiro atoms. The van der Waals surface area contributed by atoms with Crippen molar-refractivity contribution in [1.29, 1.82) is 0 Å². The second kappa shape index (κ2) is 9.58. The summed E-state index contributed by atoms with van der Waals surface area (Å²) < 4.78 is 6.12. The standard InChI is InChI=1S/C20H36N2O3S/c1-5-16(2)7-6-11-22-12-8-20(9-13-22)18(24)19(3,10-14-25-20)21-17(23)15-26-4/h7,18,24H,5-6,8-15H2,1-4H3,(H,21,23)/b16-7+/t18-,19+/m0/s1. The summed E-state index contributed by atoms with van der Waals surface area (Å²) in [5.41, 5.74) is 0.320. The largest absolute Gasteiger partial charge is 0.388 e. The number of rotatable bonds is 7. The lowest BCUT2D eigenvalue weighted by Gasteiger charge is -2.53.